The number of aliphatic imine (C=N–C) groups is 2. The molecule has 1 aromatic heterocycles. The van der Waals surface area contributed by atoms with Crippen LogP contribution in [-0.2, 0) is 0 Å². The summed E-state index contributed by atoms with van der Waals surface area (Å²) in [7, 11) is 4.38. The molecule has 0 saturated heterocycles. The Labute approximate surface area is 223 Å². The van der Waals surface area contributed by atoms with Gasteiger partial charge in [0.05, 0.1) is 17.6 Å². The molecule has 1 aliphatic heterocycles. The fourth-order valence-corrected chi connectivity index (χ4v) is 5.53. The largest absolute Gasteiger partial charge is 0.456 e. The lowest BCUT2D eigenvalue weighted by molar-refractivity contribution is 0.375. The molecule has 2 aromatic rings. The average molecular weight is 524 g/mol. The zero-order chi connectivity index (χ0) is 26.6. The molecule has 1 aromatic carbocycles. The number of benzene rings is 1. The third-order valence-electron chi connectivity index (χ3n) is 6.05. The number of thioether (sulfide) groups is 1. The summed E-state index contributed by atoms with van der Waals surface area (Å²) in [6.07, 6.45) is 14.5. The van der Waals surface area contributed by atoms with Crippen LogP contribution in [0.1, 0.15) is 43.4 Å². The number of aromatic nitrogens is 1. The summed E-state index contributed by atoms with van der Waals surface area (Å²) in [6.45, 7) is 0. The Hall–Kier alpha value is -3.34. The lowest BCUT2D eigenvalue weighted by Crippen LogP contribution is -2.40. The van der Waals surface area contributed by atoms with E-state index in [1.165, 1.54) is 44.5 Å². The van der Waals surface area contributed by atoms with Crippen molar-refractivity contribution in [3.8, 4) is 11.5 Å². The fraction of sp³-hybridized carbons (Fsp3) is 0.370. The number of ether oxygens (including phenoxy) is 1. The number of allylic oxidation sites excluding steroid dienone is 2. The summed E-state index contributed by atoms with van der Waals surface area (Å²) in [6, 6.07) is 8.56. The zero-order valence-electron chi connectivity index (χ0n) is 21.6. The zero-order valence-corrected chi connectivity index (χ0v) is 22.5. The highest BCUT2D eigenvalue weighted by molar-refractivity contribution is 8.00. The number of nitrogens with one attached hydrogen (secondary N) is 2. The van der Waals surface area contributed by atoms with E-state index >= 15 is 0 Å². The second-order valence-corrected chi connectivity index (χ2v) is 9.64. The number of hydrogen-bond donors (Lipinski definition) is 5. The normalized spacial score (nSPS) is 18.4. The molecule has 1 fully saturated rings. The molecule has 1 saturated carbocycles. The molecule has 2 heterocycles. The molecule has 1 unspecified atom stereocenters. The van der Waals surface area contributed by atoms with Crippen molar-refractivity contribution in [2.24, 2.45) is 21.5 Å². The van der Waals surface area contributed by atoms with Gasteiger partial charge in [0.2, 0.25) is 0 Å². The van der Waals surface area contributed by atoms with Crippen LogP contribution in [0.5, 0.6) is 11.5 Å². The summed E-state index contributed by atoms with van der Waals surface area (Å²) in [5, 5.41) is 14.3. The van der Waals surface area contributed by atoms with Crippen LogP contribution in [0.3, 0.4) is 0 Å². The number of hydrogen-bond acceptors (Lipinski definition) is 10. The predicted octanol–water partition coefficient (Wildman–Crippen LogP) is 4.21. The van der Waals surface area contributed by atoms with Gasteiger partial charge in [-0.15, -0.1) is 0 Å². The molecule has 1 atom stereocenters. The minimum absolute atomic E-state index is 0.184. The van der Waals surface area contributed by atoms with Gasteiger partial charge >= 0.3 is 0 Å². The number of nitrogens with two attached hydrogens (primary N) is 2. The van der Waals surface area contributed by atoms with Crippen molar-refractivity contribution in [1.29, 1.82) is 0 Å². The van der Waals surface area contributed by atoms with Gasteiger partial charge < -0.3 is 26.6 Å². The summed E-state index contributed by atoms with van der Waals surface area (Å²) in [5.74, 6) is 1.33. The number of anilines is 1. The number of aliphatic hydroxyl groups is 1. The van der Waals surface area contributed by atoms with Crippen LogP contribution >= 0.6 is 11.8 Å². The molecule has 0 spiro atoms. The van der Waals surface area contributed by atoms with Gasteiger partial charge in [0.1, 0.15) is 17.0 Å². The van der Waals surface area contributed by atoms with E-state index in [0.29, 0.717) is 28.6 Å². The number of rotatable bonds is 8. The van der Waals surface area contributed by atoms with Gasteiger partial charge in [0.15, 0.2) is 0 Å². The maximum atomic E-state index is 7.00. The van der Waals surface area contributed by atoms with Gasteiger partial charge in [-0.05, 0) is 37.1 Å². The Bertz CT molecular complexity index is 1160. The molecule has 1 aliphatic carbocycles. The first kappa shape index (κ1) is 28.2. The number of fused-ring (bicyclic) bond motifs is 1. The number of nitrogens with zero attached hydrogens (tertiary/aromatic N) is 3. The molecule has 2 aliphatic rings. The predicted molar refractivity (Wildman–Crippen MR) is 155 cm³/mol. The molecule has 10 heteroatoms. The lowest BCUT2D eigenvalue weighted by atomic mass is 9.96. The smallest absolute Gasteiger partial charge is 0.146 e. The third-order valence-corrected chi connectivity index (χ3v) is 7.14. The number of pyridine rings is 1. The topological polar surface area (TPSA) is 143 Å². The highest BCUT2D eigenvalue weighted by Gasteiger charge is 2.25. The summed E-state index contributed by atoms with van der Waals surface area (Å²) in [5.41, 5.74) is 15.8. The molecule has 0 radical (unpaired) electrons. The Balaban J connectivity index is 0.00000186. The van der Waals surface area contributed by atoms with E-state index in [-0.39, 0.29) is 5.50 Å². The van der Waals surface area contributed by atoms with Crippen LogP contribution < -0.4 is 26.8 Å². The first-order chi connectivity index (χ1) is 18.1. The first-order valence-electron chi connectivity index (χ1n) is 12.3. The highest BCUT2D eigenvalue weighted by atomic mass is 32.2. The molecule has 9 nitrogen and oxygen atoms in total. The SMILES string of the molecule is CN=C/C(=C\N)c1cc(Oc2ccc3c(c2)SC(NC2CCCCC2)N3)cnc1/C(C=NC)=C/N.CO. The standard InChI is InChI=1S/C26H33N7OS.CH4O/c1-29-14-17(12-27)22-10-21(16-31-25(22)18(13-28)15-30-2)34-20-8-9-23-24(11-20)35-26(33-23)32-19-6-4-3-5-7-19;1-2/h8-16,19,26,32-33H,3-7,27-28H2,1-2H3;2H,1H3/b17-12+,18-13+,29-14?,30-15?;. The van der Waals surface area contributed by atoms with Gasteiger partial charge in [0.25, 0.3) is 0 Å². The number of aliphatic hydroxyl groups excluding tert-OH is 1. The van der Waals surface area contributed by atoms with Crippen LogP contribution in [0.4, 0.5) is 5.69 Å². The van der Waals surface area contributed by atoms with E-state index in [4.69, 9.17) is 21.3 Å². The van der Waals surface area contributed by atoms with Crippen LogP contribution in [0.25, 0.3) is 11.1 Å². The summed E-state index contributed by atoms with van der Waals surface area (Å²) < 4.78 is 6.21. The van der Waals surface area contributed by atoms with E-state index < -0.39 is 0 Å². The Kier molecular flexibility index (Phi) is 11.0. The van der Waals surface area contributed by atoms with Crippen molar-refractivity contribution >= 4 is 41.0 Å². The summed E-state index contributed by atoms with van der Waals surface area (Å²) >= 11 is 1.79. The molecule has 0 bridgehead atoms. The molecule has 7 N–H and O–H groups in total. The van der Waals surface area contributed by atoms with E-state index in [0.717, 1.165) is 29.0 Å². The average Bonchev–Trinajstić information content (AvgIpc) is 3.33. The van der Waals surface area contributed by atoms with Gasteiger partial charge in [-0.3, -0.25) is 20.3 Å². The van der Waals surface area contributed by atoms with Crippen LogP contribution in [-0.4, -0.2) is 55.3 Å². The van der Waals surface area contributed by atoms with Crippen molar-refractivity contribution < 1.29 is 9.84 Å². The van der Waals surface area contributed by atoms with Crippen molar-refractivity contribution in [2.75, 3.05) is 26.5 Å². The second kappa shape index (κ2) is 14.4. The van der Waals surface area contributed by atoms with E-state index in [1.54, 1.807) is 44.5 Å². The van der Waals surface area contributed by atoms with Gasteiger partial charge in [0, 0.05) is 73.7 Å². The van der Waals surface area contributed by atoms with Crippen molar-refractivity contribution in [1.82, 2.24) is 10.3 Å². The van der Waals surface area contributed by atoms with E-state index in [2.05, 4.69) is 37.7 Å². The second-order valence-electron chi connectivity index (χ2n) is 8.49. The van der Waals surface area contributed by atoms with Gasteiger partial charge in [-0.1, -0.05) is 31.0 Å². The Morgan fingerprint density at radius 1 is 1.05 bits per heavy atom. The minimum atomic E-state index is 0.184. The van der Waals surface area contributed by atoms with Crippen molar-refractivity contribution in [3.63, 3.8) is 0 Å². The van der Waals surface area contributed by atoms with Gasteiger partial charge in [-0.25, -0.2) is 0 Å². The Morgan fingerprint density at radius 2 is 1.76 bits per heavy atom. The van der Waals surface area contributed by atoms with Crippen LogP contribution in [0.2, 0.25) is 0 Å². The van der Waals surface area contributed by atoms with E-state index in [9.17, 15) is 0 Å². The third kappa shape index (κ3) is 7.34. The molecular formula is C27H37N7O2S. The molecule has 37 heavy (non-hydrogen) atoms. The highest BCUT2D eigenvalue weighted by Crippen LogP contribution is 2.41. The quantitative estimate of drug-likeness (QED) is 0.324. The minimum Gasteiger partial charge on any atom is -0.456 e. The summed E-state index contributed by atoms with van der Waals surface area (Å²) in [4.78, 5) is 14.0. The van der Waals surface area contributed by atoms with Crippen molar-refractivity contribution in [2.45, 2.75) is 48.5 Å². The van der Waals surface area contributed by atoms with Crippen molar-refractivity contribution in [3.05, 3.63) is 54.1 Å². The molecule has 0 amide bonds. The monoisotopic (exact) mass is 523 g/mol. The maximum absolute atomic E-state index is 7.00. The first-order valence-corrected chi connectivity index (χ1v) is 13.2. The van der Waals surface area contributed by atoms with Crippen LogP contribution in [0, 0.1) is 0 Å². The Morgan fingerprint density at radius 3 is 2.43 bits per heavy atom. The lowest BCUT2D eigenvalue weighted by Gasteiger charge is -2.26. The maximum Gasteiger partial charge on any atom is 0.146 e. The van der Waals surface area contributed by atoms with E-state index in [1.807, 2.05) is 12.1 Å². The van der Waals surface area contributed by atoms with Gasteiger partial charge in [-0.2, -0.15) is 0 Å². The van der Waals surface area contributed by atoms with Crippen LogP contribution in [0.15, 0.2) is 57.7 Å². The molecular weight excluding hydrogens is 486 g/mol. The molecule has 4 rings (SSSR count). The molecule has 198 valence electrons. The fourth-order valence-electron chi connectivity index (χ4n) is 4.39.